The van der Waals surface area contributed by atoms with Crippen LogP contribution in [0.4, 0.5) is 0 Å². The lowest BCUT2D eigenvalue weighted by atomic mass is 9.78. The summed E-state index contributed by atoms with van der Waals surface area (Å²) in [6.45, 7) is 2.13. The van der Waals surface area contributed by atoms with Gasteiger partial charge in [0.25, 0.3) is 0 Å². The molecule has 2 heterocycles. The minimum atomic E-state index is -0.739. The highest BCUT2D eigenvalue weighted by molar-refractivity contribution is 7.03. The van der Waals surface area contributed by atoms with E-state index in [0.717, 1.165) is 36.8 Å². The molecule has 0 amide bonds. The number of pyridine rings is 1. The smallest absolute Gasteiger partial charge is 0.229 e. The first-order valence-corrected chi connectivity index (χ1v) is 8.83. The van der Waals surface area contributed by atoms with E-state index in [2.05, 4.69) is 21.6 Å². The lowest BCUT2D eigenvalue weighted by molar-refractivity contribution is -0.00953. The van der Waals surface area contributed by atoms with Gasteiger partial charge in [-0.1, -0.05) is 6.07 Å². The molecule has 1 atom stereocenters. The van der Waals surface area contributed by atoms with Gasteiger partial charge in [-0.15, -0.1) is 0 Å². The fraction of sp³-hybridized carbons (Fsp3) is 0.529. The van der Waals surface area contributed by atoms with Gasteiger partial charge in [0.2, 0.25) is 5.88 Å². The van der Waals surface area contributed by atoms with Gasteiger partial charge in [0, 0.05) is 41.0 Å². The Morgan fingerprint density at radius 3 is 2.87 bits per heavy atom. The summed E-state index contributed by atoms with van der Waals surface area (Å²) in [5, 5.41) is 16.5. The first-order chi connectivity index (χ1) is 11.1. The van der Waals surface area contributed by atoms with Crippen molar-refractivity contribution in [2.45, 2.75) is 50.3 Å². The van der Waals surface area contributed by atoms with E-state index in [4.69, 9.17) is 4.74 Å². The number of aliphatic hydroxyl groups is 1. The summed E-state index contributed by atoms with van der Waals surface area (Å²) in [5.41, 5.74) is 1.29. The highest BCUT2D eigenvalue weighted by atomic mass is 32.1. The van der Waals surface area contributed by atoms with Crippen LogP contribution in [0.3, 0.4) is 0 Å². The predicted octanol–water partition coefficient (Wildman–Crippen LogP) is 3.03. The third kappa shape index (κ3) is 3.54. The maximum atomic E-state index is 10.9. The third-order valence-corrected chi connectivity index (χ3v) is 5.35. The first-order valence-electron chi connectivity index (χ1n) is 7.99. The highest BCUT2D eigenvalue weighted by Gasteiger charge is 2.35. The summed E-state index contributed by atoms with van der Waals surface area (Å²) in [6.07, 6.45) is 6.90. The molecule has 124 valence electrons. The Morgan fingerprint density at radius 1 is 1.43 bits per heavy atom. The van der Waals surface area contributed by atoms with Gasteiger partial charge >= 0.3 is 0 Å². The largest absolute Gasteiger partial charge is 0.480 e. The van der Waals surface area contributed by atoms with Crippen molar-refractivity contribution in [2.75, 3.05) is 7.11 Å². The molecule has 1 aliphatic carbocycles. The van der Waals surface area contributed by atoms with E-state index >= 15 is 0 Å². The molecule has 2 aromatic rings. The Bertz CT molecular complexity index is 624. The molecule has 1 saturated carbocycles. The Balaban J connectivity index is 1.59. The third-order valence-electron chi connectivity index (χ3n) is 4.72. The van der Waals surface area contributed by atoms with Gasteiger partial charge < -0.3 is 15.2 Å². The lowest BCUT2D eigenvalue weighted by Gasteiger charge is -2.37. The fourth-order valence-electron chi connectivity index (χ4n) is 3.31. The molecule has 1 unspecified atom stereocenters. The van der Waals surface area contributed by atoms with Gasteiger partial charge in [-0.2, -0.15) is 4.37 Å². The molecule has 6 heteroatoms. The van der Waals surface area contributed by atoms with Crippen LogP contribution in [0.5, 0.6) is 5.88 Å². The minimum Gasteiger partial charge on any atom is -0.480 e. The van der Waals surface area contributed by atoms with Crippen molar-refractivity contribution in [2.24, 2.45) is 0 Å². The Hall–Kier alpha value is -1.50. The molecule has 3 rings (SSSR count). The normalized spacial score (nSPS) is 26.0. The molecule has 0 saturated heterocycles. The molecule has 0 bridgehead atoms. The monoisotopic (exact) mass is 333 g/mol. The number of aromatic nitrogens is 2. The van der Waals surface area contributed by atoms with Crippen LogP contribution >= 0.6 is 11.5 Å². The highest BCUT2D eigenvalue weighted by Crippen LogP contribution is 2.37. The number of methoxy groups -OCH3 is 1. The molecule has 0 aliphatic heterocycles. The summed E-state index contributed by atoms with van der Waals surface area (Å²) in [7, 11) is 1.65. The zero-order chi connectivity index (χ0) is 16.3. The van der Waals surface area contributed by atoms with Gasteiger partial charge in [0.1, 0.15) is 0 Å². The topological polar surface area (TPSA) is 67.3 Å². The van der Waals surface area contributed by atoms with Crippen molar-refractivity contribution in [1.29, 1.82) is 0 Å². The van der Waals surface area contributed by atoms with E-state index in [1.807, 2.05) is 17.5 Å². The van der Waals surface area contributed by atoms with E-state index in [0.29, 0.717) is 11.9 Å². The summed E-state index contributed by atoms with van der Waals surface area (Å²) < 4.78 is 9.54. The van der Waals surface area contributed by atoms with Crippen LogP contribution in [0.25, 0.3) is 0 Å². The molecule has 0 aromatic carbocycles. The zero-order valence-corrected chi connectivity index (χ0v) is 14.3. The molecule has 5 nitrogen and oxygen atoms in total. The van der Waals surface area contributed by atoms with Crippen molar-refractivity contribution in [3.05, 3.63) is 41.0 Å². The summed E-state index contributed by atoms with van der Waals surface area (Å²) >= 11 is 1.42. The summed E-state index contributed by atoms with van der Waals surface area (Å²) in [4.78, 5) is 4.13. The predicted molar refractivity (Wildman–Crippen MR) is 90.6 cm³/mol. The van der Waals surface area contributed by atoms with E-state index in [-0.39, 0.29) is 6.04 Å². The quantitative estimate of drug-likeness (QED) is 0.880. The molecule has 2 N–H and O–H groups in total. The SMILES string of the molecule is COc1nscc1C(C)NC1CCC(O)(c2cccnc2)CC1. The van der Waals surface area contributed by atoms with Crippen molar-refractivity contribution >= 4 is 11.5 Å². The van der Waals surface area contributed by atoms with Crippen LogP contribution in [0, 0.1) is 0 Å². The van der Waals surface area contributed by atoms with Crippen LogP contribution in [-0.4, -0.2) is 27.6 Å². The molecule has 23 heavy (non-hydrogen) atoms. The molecule has 1 aliphatic rings. The second-order valence-corrected chi connectivity index (χ2v) is 6.84. The molecule has 2 aromatic heterocycles. The number of hydrogen-bond donors (Lipinski definition) is 2. The van der Waals surface area contributed by atoms with E-state index in [1.54, 1.807) is 19.5 Å². The molecular weight excluding hydrogens is 310 g/mol. The molecule has 0 radical (unpaired) electrons. The van der Waals surface area contributed by atoms with E-state index < -0.39 is 5.60 Å². The maximum absolute atomic E-state index is 10.9. The van der Waals surface area contributed by atoms with Crippen LogP contribution < -0.4 is 10.1 Å². The number of ether oxygens (including phenoxy) is 1. The van der Waals surface area contributed by atoms with Gasteiger partial charge in [0.05, 0.1) is 12.7 Å². The van der Waals surface area contributed by atoms with E-state index in [1.165, 1.54) is 11.5 Å². The van der Waals surface area contributed by atoms with Crippen molar-refractivity contribution in [1.82, 2.24) is 14.7 Å². The Labute approximate surface area is 140 Å². The van der Waals surface area contributed by atoms with Crippen molar-refractivity contribution in [3.63, 3.8) is 0 Å². The summed E-state index contributed by atoms with van der Waals surface area (Å²) in [5.74, 6) is 0.706. The van der Waals surface area contributed by atoms with Gasteiger partial charge in [-0.25, -0.2) is 0 Å². The second-order valence-electron chi connectivity index (χ2n) is 6.22. The van der Waals surface area contributed by atoms with Gasteiger partial charge in [0.15, 0.2) is 0 Å². The average molecular weight is 333 g/mol. The van der Waals surface area contributed by atoms with Crippen molar-refractivity contribution < 1.29 is 9.84 Å². The van der Waals surface area contributed by atoms with Gasteiger partial charge in [-0.05, 0) is 50.2 Å². The number of nitrogens with zero attached hydrogens (tertiary/aromatic N) is 2. The van der Waals surface area contributed by atoms with Gasteiger partial charge in [-0.3, -0.25) is 4.98 Å². The fourth-order valence-corrected chi connectivity index (χ4v) is 4.06. The Morgan fingerprint density at radius 2 is 2.22 bits per heavy atom. The van der Waals surface area contributed by atoms with Crippen LogP contribution in [0.1, 0.15) is 49.8 Å². The average Bonchev–Trinajstić information content (AvgIpc) is 3.07. The molecule has 0 spiro atoms. The van der Waals surface area contributed by atoms with E-state index in [9.17, 15) is 5.11 Å². The number of nitrogens with one attached hydrogen (secondary N) is 1. The zero-order valence-electron chi connectivity index (χ0n) is 13.5. The van der Waals surface area contributed by atoms with Crippen molar-refractivity contribution in [3.8, 4) is 5.88 Å². The standard InChI is InChI=1S/C17H23N3O2S/c1-12(15-11-23-20-16(15)22-2)19-14-5-7-17(21,8-6-14)13-4-3-9-18-10-13/h3-4,9-12,14,19,21H,5-8H2,1-2H3. The number of hydrogen-bond acceptors (Lipinski definition) is 6. The summed E-state index contributed by atoms with van der Waals surface area (Å²) in [6, 6.07) is 4.44. The maximum Gasteiger partial charge on any atom is 0.229 e. The van der Waals surface area contributed by atoms with Crippen LogP contribution in [-0.2, 0) is 5.60 Å². The number of rotatable bonds is 5. The first kappa shape index (κ1) is 16.4. The lowest BCUT2D eigenvalue weighted by Crippen LogP contribution is -2.40. The second kappa shape index (κ2) is 6.95. The molecule has 1 fully saturated rings. The minimum absolute atomic E-state index is 0.193. The molecular formula is C17H23N3O2S. The van der Waals surface area contributed by atoms with Crippen LogP contribution in [0.2, 0.25) is 0 Å². The van der Waals surface area contributed by atoms with Crippen LogP contribution in [0.15, 0.2) is 29.9 Å². The Kier molecular flexibility index (Phi) is 4.94.